The van der Waals surface area contributed by atoms with E-state index in [2.05, 4.69) is 22.0 Å². The van der Waals surface area contributed by atoms with Gasteiger partial charge in [-0.3, -0.25) is 4.79 Å². The Balaban J connectivity index is 1.61. The maximum absolute atomic E-state index is 12.8. The number of nitrogens with two attached hydrogens (primary N) is 1. The lowest BCUT2D eigenvalue weighted by molar-refractivity contribution is -0.693. The fourth-order valence-corrected chi connectivity index (χ4v) is 4.45. The van der Waals surface area contributed by atoms with Gasteiger partial charge in [0.2, 0.25) is 0 Å². The van der Waals surface area contributed by atoms with Crippen molar-refractivity contribution in [2.75, 3.05) is 20.1 Å². The highest BCUT2D eigenvalue weighted by Gasteiger charge is 2.30. The predicted octanol–water partition coefficient (Wildman–Crippen LogP) is 1.14. The summed E-state index contributed by atoms with van der Waals surface area (Å²) < 4.78 is 2.05. The Morgan fingerprint density at radius 3 is 2.84 bits per heavy atom. The number of amides is 1. The van der Waals surface area contributed by atoms with Gasteiger partial charge in [-0.1, -0.05) is 18.2 Å². The molecule has 1 fully saturated rings. The van der Waals surface area contributed by atoms with Crippen LogP contribution in [0, 0.1) is 0 Å². The number of likely N-dealkylation sites (N-methyl/N-ethyl adjacent to an activating group) is 1. The Morgan fingerprint density at radius 2 is 2.04 bits per heavy atom. The predicted molar refractivity (Wildman–Crippen MR) is 97.7 cm³/mol. The molecule has 3 N–H and O–H groups in total. The second-order valence-electron chi connectivity index (χ2n) is 7.60. The summed E-state index contributed by atoms with van der Waals surface area (Å²) in [6.07, 6.45) is 5.59. The van der Waals surface area contributed by atoms with Crippen molar-refractivity contribution in [2.24, 2.45) is 0 Å². The summed E-state index contributed by atoms with van der Waals surface area (Å²) in [6, 6.07) is 8.86. The molecule has 2 aliphatic rings. The van der Waals surface area contributed by atoms with Crippen LogP contribution in [0.25, 0.3) is 10.9 Å². The van der Waals surface area contributed by atoms with E-state index in [0.717, 1.165) is 35.1 Å². The van der Waals surface area contributed by atoms with E-state index in [0.29, 0.717) is 19.1 Å². The minimum Gasteiger partial charge on any atom is -0.385 e. The van der Waals surface area contributed by atoms with Crippen LogP contribution >= 0.6 is 0 Å². The second-order valence-corrected chi connectivity index (χ2v) is 7.60. The first-order valence-electron chi connectivity index (χ1n) is 9.52. The maximum atomic E-state index is 12.8. The van der Waals surface area contributed by atoms with Gasteiger partial charge in [-0.15, -0.1) is 0 Å². The number of carbonyl (C=O) groups excluding carboxylic acids is 1. The monoisotopic (exact) mass is 342 g/mol. The number of nitrogens with zero attached hydrogens (tertiary/aromatic N) is 2. The number of rotatable bonds is 5. The van der Waals surface area contributed by atoms with Crippen LogP contribution in [-0.2, 0) is 13.0 Å². The summed E-state index contributed by atoms with van der Waals surface area (Å²) in [7, 11) is 1.86. The molecule has 1 aromatic carbocycles. The van der Waals surface area contributed by atoms with Crippen LogP contribution < -0.4 is 5.32 Å². The number of aromatic nitrogens is 1. The van der Waals surface area contributed by atoms with Gasteiger partial charge >= 0.3 is 0 Å². The summed E-state index contributed by atoms with van der Waals surface area (Å²) in [5.74, 6) is 0.0735. The zero-order valence-corrected chi connectivity index (χ0v) is 14.9. The molecule has 0 unspecified atom stereocenters. The van der Waals surface area contributed by atoms with Gasteiger partial charge in [-0.2, -0.15) is 0 Å². The number of hydrogen-bond acceptors (Lipinski definition) is 2. The van der Waals surface area contributed by atoms with Crippen molar-refractivity contribution in [3.8, 4) is 0 Å². The lowest BCUT2D eigenvalue weighted by Gasteiger charge is -2.25. The topological polar surface area (TPSA) is 62.1 Å². The summed E-state index contributed by atoms with van der Waals surface area (Å²) in [5.41, 5.74) is 2.98. The van der Waals surface area contributed by atoms with Crippen molar-refractivity contribution in [3.05, 3.63) is 35.5 Å². The molecule has 0 spiro atoms. The molecule has 2 aromatic rings. The molecule has 4 rings (SSSR count). The number of carbonyl (C=O) groups is 1. The number of benzene rings is 1. The molecule has 1 aliphatic carbocycles. The highest BCUT2D eigenvalue weighted by atomic mass is 16.3. The van der Waals surface area contributed by atoms with Gasteiger partial charge < -0.3 is 19.9 Å². The Bertz CT molecular complexity index is 777. The van der Waals surface area contributed by atoms with Gasteiger partial charge in [-0.05, 0) is 43.7 Å². The molecule has 5 nitrogen and oxygen atoms in total. The third kappa shape index (κ3) is 3.07. The summed E-state index contributed by atoms with van der Waals surface area (Å²) in [5, 5.41) is 14.1. The second kappa shape index (κ2) is 6.81. The van der Waals surface area contributed by atoms with Crippen LogP contribution in [0.2, 0.25) is 0 Å². The fraction of sp³-hybridized carbons (Fsp3) is 0.550. The highest BCUT2D eigenvalue weighted by molar-refractivity contribution is 6.02. The fourth-order valence-electron chi connectivity index (χ4n) is 4.45. The van der Waals surface area contributed by atoms with Gasteiger partial charge in [0.1, 0.15) is 18.3 Å². The molecule has 1 aliphatic heterocycles. The molecule has 1 aromatic heterocycles. The van der Waals surface area contributed by atoms with E-state index in [9.17, 15) is 9.90 Å². The molecule has 2 heterocycles. The number of hydrogen-bond donors (Lipinski definition) is 2. The van der Waals surface area contributed by atoms with Crippen molar-refractivity contribution in [3.63, 3.8) is 0 Å². The van der Waals surface area contributed by atoms with Crippen LogP contribution in [-0.4, -0.2) is 52.8 Å². The van der Waals surface area contributed by atoms with Crippen molar-refractivity contribution in [2.45, 2.75) is 50.8 Å². The van der Waals surface area contributed by atoms with E-state index in [1.165, 1.54) is 25.7 Å². The molecule has 25 heavy (non-hydrogen) atoms. The summed E-state index contributed by atoms with van der Waals surface area (Å²) >= 11 is 0. The molecule has 0 bridgehead atoms. The van der Waals surface area contributed by atoms with Crippen molar-refractivity contribution < 1.29 is 15.2 Å². The molecule has 0 saturated heterocycles. The van der Waals surface area contributed by atoms with Crippen LogP contribution in [0.1, 0.15) is 41.7 Å². The molecular formula is C20H28N3O2+. The lowest BCUT2D eigenvalue weighted by Crippen LogP contribution is -2.91. The third-order valence-electron chi connectivity index (χ3n) is 5.86. The van der Waals surface area contributed by atoms with Gasteiger partial charge in [0.25, 0.3) is 5.91 Å². The van der Waals surface area contributed by atoms with Crippen LogP contribution in [0.4, 0.5) is 0 Å². The van der Waals surface area contributed by atoms with Gasteiger partial charge in [-0.25, -0.2) is 0 Å². The quantitative estimate of drug-likeness (QED) is 0.856. The number of quaternary nitrogens is 1. The highest BCUT2D eigenvalue weighted by Crippen LogP contribution is 2.30. The molecule has 0 radical (unpaired) electrons. The number of para-hydroxylation sites is 1. The van der Waals surface area contributed by atoms with Gasteiger partial charge in [0.15, 0.2) is 0 Å². The average molecular weight is 342 g/mol. The first-order valence-corrected chi connectivity index (χ1v) is 9.52. The zero-order chi connectivity index (χ0) is 17.4. The number of aliphatic hydroxyl groups excluding tert-OH is 1. The molecule has 1 saturated carbocycles. The van der Waals surface area contributed by atoms with Gasteiger partial charge in [0.05, 0.1) is 12.6 Å². The van der Waals surface area contributed by atoms with E-state index >= 15 is 0 Å². The maximum Gasteiger partial charge on any atom is 0.270 e. The normalized spacial score (nSPS) is 19.6. The molecule has 1 atom stereocenters. The average Bonchev–Trinajstić information content (AvgIpc) is 3.24. The van der Waals surface area contributed by atoms with Crippen LogP contribution in [0.5, 0.6) is 0 Å². The summed E-state index contributed by atoms with van der Waals surface area (Å²) in [4.78, 5) is 14.6. The largest absolute Gasteiger partial charge is 0.385 e. The Morgan fingerprint density at radius 1 is 1.28 bits per heavy atom. The molecule has 5 heteroatoms. The Labute approximate surface area is 148 Å². The summed E-state index contributed by atoms with van der Waals surface area (Å²) in [6.45, 7) is 1.95. The molecular weight excluding hydrogens is 314 g/mol. The van der Waals surface area contributed by atoms with E-state index in [1.54, 1.807) is 4.90 Å². The van der Waals surface area contributed by atoms with Crippen LogP contribution in [0.15, 0.2) is 24.3 Å². The Kier molecular flexibility index (Phi) is 4.52. The first kappa shape index (κ1) is 16.6. The standard InChI is InChI=1S/C20H27N3O2/c1-22-11-10-17-16-8-4-5-9-18(16)23(19(17)20(22)25)13-15(24)12-21-14-6-2-3-7-14/h4-5,8-9,14-15,21,24H,2-3,6-7,10-13H2,1H3/p+1/t15-/m1/s1. The van der Waals surface area contributed by atoms with E-state index in [1.807, 2.05) is 19.2 Å². The van der Waals surface area contributed by atoms with Crippen molar-refractivity contribution in [1.29, 1.82) is 0 Å². The first-order chi connectivity index (χ1) is 12.1. The zero-order valence-electron chi connectivity index (χ0n) is 14.9. The van der Waals surface area contributed by atoms with E-state index < -0.39 is 6.10 Å². The number of fused-ring (bicyclic) bond motifs is 3. The SMILES string of the molecule is CN1CCc2c(n(C[C@H](O)C[NH2+]C3CCCC3)c3ccccc23)C1=O. The van der Waals surface area contributed by atoms with E-state index in [-0.39, 0.29) is 5.91 Å². The lowest BCUT2D eigenvalue weighted by atomic mass is 10.0. The van der Waals surface area contributed by atoms with E-state index in [4.69, 9.17) is 0 Å². The van der Waals surface area contributed by atoms with Crippen LogP contribution in [0.3, 0.4) is 0 Å². The van der Waals surface area contributed by atoms with Crippen molar-refractivity contribution in [1.82, 2.24) is 9.47 Å². The Hall–Kier alpha value is -1.85. The smallest absolute Gasteiger partial charge is 0.270 e. The van der Waals surface area contributed by atoms with Crippen molar-refractivity contribution >= 4 is 16.8 Å². The van der Waals surface area contributed by atoms with Gasteiger partial charge in [0, 0.05) is 24.5 Å². The molecule has 134 valence electrons. The minimum absolute atomic E-state index is 0.0735. The molecule has 1 amide bonds. The minimum atomic E-state index is -0.444. The number of aliphatic hydroxyl groups is 1. The third-order valence-corrected chi connectivity index (χ3v) is 5.86.